The smallest absolute Gasteiger partial charge is 0.115 e. The van der Waals surface area contributed by atoms with Crippen LogP contribution in [-0.2, 0) is 6.42 Å². The Morgan fingerprint density at radius 1 is 1.10 bits per heavy atom. The fourth-order valence-electron chi connectivity index (χ4n) is 2.57. The van der Waals surface area contributed by atoms with Crippen LogP contribution in [0.15, 0.2) is 42.5 Å². The van der Waals surface area contributed by atoms with E-state index in [0.717, 1.165) is 23.3 Å². The molecule has 1 heterocycles. The van der Waals surface area contributed by atoms with Crippen LogP contribution in [0.4, 0.5) is 0 Å². The Kier molecular flexibility index (Phi) is 3.49. The number of hydrogen-bond donors (Lipinski definition) is 0. The van der Waals surface area contributed by atoms with Gasteiger partial charge in [-0.05, 0) is 43.2 Å². The molecular weight excluding hydrogens is 268 g/mol. The van der Waals surface area contributed by atoms with Gasteiger partial charge in [0, 0.05) is 12.3 Å². The first-order valence-corrected chi connectivity index (χ1v) is 7.34. The predicted molar refractivity (Wildman–Crippen MR) is 85.0 cm³/mol. The van der Waals surface area contributed by atoms with Crippen molar-refractivity contribution in [2.45, 2.75) is 20.3 Å². The van der Waals surface area contributed by atoms with Gasteiger partial charge < -0.3 is 0 Å². The van der Waals surface area contributed by atoms with E-state index in [0.29, 0.717) is 5.88 Å². The minimum Gasteiger partial charge on any atom is -0.296 e. The van der Waals surface area contributed by atoms with Crippen molar-refractivity contribution in [3.8, 4) is 5.69 Å². The Bertz CT molecular complexity index is 759. The van der Waals surface area contributed by atoms with Crippen molar-refractivity contribution in [2.75, 3.05) is 5.88 Å². The van der Waals surface area contributed by atoms with Crippen molar-refractivity contribution < 1.29 is 0 Å². The van der Waals surface area contributed by atoms with E-state index >= 15 is 0 Å². The Labute approximate surface area is 124 Å². The van der Waals surface area contributed by atoms with Gasteiger partial charge in [-0.2, -0.15) is 0 Å². The summed E-state index contributed by atoms with van der Waals surface area (Å²) in [4.78, 5) is 4.74. The minimum atomic E-state index is 0.578. The summed E-state index contributed by atoms with van der Waals surface area (Å²) in [7, 11) is 0. The first kappa shape index (κ1) is 13.2. The minimum absolute atomic E-state index is 0.578. The van der Waals surface area contributed by atoms with E-state index in [1.165, 1.54) is 16.8 Å². The maximum Gasteiger partial charge on any atom is 0.115 e. The molecule has 0 fully saturated rings. The average molecular weight is 285 g/mol. The van der Waals surface area contributed by atoms with Crippen molar-refractivity contribution in [1.82, 2.24) is 9.55 Å². The third-order valence-electron chi connectivity index (χ3n) is 3.55. The van der Waals surface area contributed by atoms with Gasteiger partial charge in [0.05, 0.1) is 16.7 Å². The summed E-state index contributed by atoms with van der Waals surface area (Å²) in [5.74, 6) is 1.60. The topological polar surface area (TPSA) is 17.8 Å². The lowest BCUT2D eigenvalue weighted by atomic mass is 10.1. The van der Waals surface area contributed by atoms with Crippen molar-refractivity contribution >= 4 is 22.6 Å². The second-order valence-corrected chi connectivity index (χ2v) is 5.46. The Balaban J connectivity index is 2.34. The molecule has 0 aliphatic carbocycles. The summed E-state index contributed by atoms with van der Waals surface area (Å²) < 4.78 is 2.24. The number of alkyl halides is 1. The first-order chi connectivity index (χ1) is 9.70. The zero-order valence-corrected chi connectivity index (χ0v) is 12.5. The maximum atomic E-state index is 5.94. The molecule has 0 spiro atoms. The third-order valence-corrected chi connectivity index (χ3v) is 3.74. The van der Waals surface area contributed by atoms with Crippen LogP contribution in [0.2, 0.25) is 0 Å². The quantitative estimate of drug-likeness (QED) is 0.651. The number of aryl methyl sites for hydroxylation is 3. The molecule has 1 aromatic heterocycles. The lowest BCUT2D eigenvalue weighted by Gasteiger charge is -2.11. The summed E-state index contributed by atoms with van der Waals surface area (Å²) in [6, 6.07) is 14.8. The summed E-state index contributed by atoms with van der Waals surface area (Å²) in [5, 5.41) is 0. The highest BCUT2D eigenvalue weighted by atomic mass is 35.5. The molecule has 0 atom stereocenters. The number of imidazole rings is 1. The van der Waals surface area contributed by atoms with E-state index in [4.69, 9.17) is 16.6 Å². The lowest BCUT2D eigenvalue weighted by molar-refractivity contribution is 0.907. The van der Waals surface area contributed by atoms with Crippen LogP contribution >= 0.6 is 11.6 Å². The van der Waals surface area contributed by atoms with E-state index in [1.807, 2.05) is 0 Å². The standard InChI is InChI=1S/C17H17ClN2/c1-12-7-8-14-16(11-12)20(17(19-14)9-10-18)15-6-4-3-5-13(15)2/h3-8,11H,9-10H2,1-2H3. The van der Waals surface area contributed by atoms with Crippen molar-refractivity contribution in [3.63, 3.8) is 0 Å². The van der Waals surface area contributed by atoms with Crippen LogP contribution in [-0.4, -0.2) is 15.4 Å². The van der Waals surface area contributed by atoms with Crippen LogP contribution in [0, 0.1) is 13.8 Å². The van der Waals surface area contributed by atoms with Gasteiger partial charge in [0.25, 0.3) is 0 Å². The van der Waals surface area contributed by atoms with Crippen molar-refractivity contribution in [2.24, 2.45) is 0 Å². The molecule has 0 bridgehead atoms. The molecule has 2 aromatic carbocycles. The van der Waals surface area contributed by atoms with E-state index in [1.54, 1.807) is 0 Å². The monoisotopic (exact) mass is 284 g/mol. The SMILES string of the molecule is Cc1ccc2nc(CCCl)n(-c3ccccc3C)c2c1. The highest BCUT2D eigenvalue weighted by Crippen LogP contribution is 2.25. The largest absolute Gasteiger partial charge is 0.296 e. The molecule has 0 amide bonds. The molecule has 0 radical (unpaired) electrons. The van der Waals surface area contributed by atoms with Crippen LogP contribution in [0.3, 0.4) is 0 Å². The molecule has 0 unspecified atom stereocenters. The number of nitrogens with zero attached hydrogens (tertiary/aromatic N) is 2. The molecule has 0 saturated heterocycles. The molecule has 3 aromatic rings. The summed E-state index contributed by atoms with van der Waals surface area (Å²) in [5.41, 5.74) is 5.84. The van der Waals surface area contributed by atoms with Gasteiger partial charge in [-0.3, -0.25) is 4.57 Å². The van der Waals surface area contributed by atoms with E-state index in [9.17, 15) is 0 Å². The fraction of sp³-hybridized carbons (Fsp3) is 0.235. The van der Waals surface area contributed by atoms with Gasteiger partial charge in [-0.15, -0.1) is 11.6 Å². The number of fused-ring (bicyclic) bond motifs is 1. The summed E-state index contributed by atoms with van der Waals surface area (Å²) in [6.07, 6.45) is 0.767. The Morgan fingerprint density at radius 2 is 1.90 bits per heavy atom. The molecule has 102 valence electrons. The van der Waals surface area contributed by atoms with Gasteiger partial charge in [0.2, 0.25) is 0 Å². The molecule has 3 heteroatoms. The Hall–Kier alpha value is -1.80. The van der Waals surface area contributed by atoms with Gasteiger partial charge in [0.15, 0.2) is 0 Å². The fourth-order valence-corrected chi connectivity index (χ4v) is 2.74. The van der Waals surface area contributed by atoms with Crippen LogP contribution in [0.1, 0.15) is 17.0 Å². The zero-order valence-electron chi connectivity index (χ0n) is 11.7. The zero-order chi connectivity index (χ0) is 14.1. The molecule has 0 aliphatic heterocycles. The van der Waals surface area contributed by atoms with Gasteiger partial charge in [-0.25, -0.2) is 4.98 Å². The second-order valence-electron chi connectivity index (χ2n) is 5.08. The van der Waals surface area contributed by atoms with Crippen molar-refractivity contribution in [1.29, 1.82) is 0 Å². The molecular formula is C17H17ClN2. The molecule has 2 nitrogen and oxygen atoms in total. The molecule has 0 saturated carbocycles. The highest BCUT2D eigenvalue weighted by molar-refractivity contribution is 6.17. The van der Waals surface area contributed by atoms with Crippen LogP contribution in [0.25, 0.3) is 16.7 Å². The number of halogens is 1. The average Bonchev–Trinajstić information content (AvgIpc) is 2.77. The van der Waals surface area contributed by atoms with Gasteiger partial charge in [0.1, 0.15) is 5.82 Å². The molecule has 0 N–H and O–H groups in total. The summed E-state index contributed by atoms with van der Waals surface area (Å²) >= 11 is 5.94. The normalized spacial score (nSPS) is 11.2. The van der Waals surface area contributed by atoms with Gasteiger partial charge in [-0.1, -0.05) is 24.3 Å². The van der Waals surface area contributed by atoms with Gasteiger partial charge >= 0.3 is 0 Å². The van der Waals surface area contributed by atoms with E-state index in [2.05, 4.69) is 60.9 Å². The Morgan fingerprint density at radius 3 is 2.65 bits per heavy atom. The van der Waals surface area contributed by atoms with E-state index in [-0.39, 0.29) is 0 Å². The summed E-state index contributed by atoms with van der Waals surface area (Å²) in [6.45, 7) is 4.23. The molecule has 3 rings (SSSR count). The highest BCUT2D eigenvalue weighted by Gasteiger charge is 2.13. The van der Waals surface area contributed by atoms with E-state index < -0.39 is 0 Å². The number of aromatic nitrogens is 2. The molecule has 0 aliphatic rings. The van der Waals surface area contributed by atoms with Crippen LogP contribution < -0.4 is 0 Å². The predicted octanol–water partition coefficient (Wildman–Crippen LogP) is 4.42. The third kappa shape index (κ3) is 2.20. The maximum absolute atomic E-state index is 5.94. The molecule has 20 heavy (non-hydrogen) atoms. The van der Waals surface area contributed by atoms with Crippen molar-refractivity contribution in [3.05, 3.63) is 59.4 Å². The number of hydrogen-bond acceptors (Lipinski definition) is 1. The number of benzene rings is 2. The first-order valence-electron chi connectivity index (χ1n) is 6.80. The number of para-hydroxylation sites is 1. The lowest BCUT2D eigenvalue weighted by Crippen LogP contribution is -2.03. The number of rotatable bonds is 3. The van der Waals surface area contributed by atoms with Crippen LogP contribution in [0.5, 0.6) is 0 Å². The second kappa shape index (κ2) is 5.29.